The van der Waals surface area contributed by atoms with Gasteiger partial charge in [-0.15, -0.1) is 6.42 Å². The minimum atomic E-state index is 0.294. The molecule has 0 aliphatic carbocycles. The predicted octanol–water partition coefficient (Wildman–Crippen LogP) is 2.46. The maximum absolute atomic E-state index is 5.53. The van der Waals surface area contributed by atoms with Crippen LogP contribution in [0.1, 0.15) is 19.4 Å². The molecule has 0 bridgehead atoms. The van der Waals surface area contributed by atoms with E-state index in [-0.39, 0.29) is 0 Å². The lowest BCUT2D eigenvalue weighted by atomic mass is 10.0. The van der Waals surface area contributed by atoms with Crippen LogP contribution in [0.15, 0.2) is 24.3 Å². The summed E-state index contributed by atoms with van der Waals surface area (Å²) in [5.74, 6) is 3.84. The van der Waals surface area contributed by atoms with Crippen LogP contribution < -0.4 is 10.1 Å². The number of methoxy groups -OCH3 is 1. The zero-order chi connectivity index (χ0) is 14.1. The number of hydrogen-bond acceptors (Lipinski definition) is 3. The largest absolute Gasteiger partial charge is 0.481 e. The van der Waals surface area contributed by atoms with Gasteiger partial charge in [-0.1, -0.05) is 38.0 Å². The lowest BCUT2D eigenvalue weighted by molar-refractivity contribution is 0.146. The molecule has 0 fully saturated rings. The first kappa shape index (κ1) is 15.6. The first-order valence-corrected chi connectivity index (χ1v) is 6.55. The Labute approximate surface area is 116 Å². The van der Waals surface area contributed by atoms with Crippen molar-refractivity contribution in [3.05, 3.63) is 29.8 Å². The maximum atomic E-state index is 5.53. The van der Waals surface area contributed by atoms with Crippen LogP contribution in [0.5, 0.6) is 5.75 Å². The minimum Gasteiger partial charge on any atom is -0.481 e. The number of hydrogen-bond donors (Lipinski definition) is 1. The Morgan fingerprint density at radius 2 is 2.05 bits per heavy atom. The number of terminal acetylenes is 1. The van der Waals surface area contributed by atoms with E-state index in [0.29, 0.717) is 25.2 Å². The van der Waals surface area contributed by atoms with Crippen molar-refractivity contribution in [3.63, 3.8) is 0 Å². The van der Waals surface area contributed by atoms with Crippen molar-refractivity contribution in [2.75, 3.05) is 20.3 Å². The number of rotatable bonds is 8. The molecule has 104 valence electrons. The van der Waals surface area contributed by atoms with E-state index in [1.807, 2.05) is 24.3 Å². The van der Waals surface area contributed by atoms with Crippen LogP contribution in [0.2, 0.25) is 0 Å². The van der Waals surface area contributed by atoms with Gasteiger partial charge in [0.25, 0.3) is 0 Å². The highest BCUT2D eigenvalue weighted by atomic mass is 16.5. The van der Waals surface area contributed by atoms with E-state index in [9.17, 15) is 0 Å². The average molecular weight is 261 g/mol. The summed E-state index contributed by atoms with van der Waals surface area (Å²) in [5, 5.41) is 3.50. The topological polar surface area (TPSA) is 30.5 Å². The summed E-state index contributed by atoms with van der Waals surface area (Å²) in [6, 6.07) is 8.26. The van der Waals surface area contributed by atoms with Gasteiger partial charge in [-0.2, -0.15) is 0 Å². The third-order valence-corrected chi connectivity index (χ3v) is 2.99. The lowest BCUT2D eigenvalue weighted by Crippen LogP contribution is -2.37. The smallest absolute Gasteiger partial charge is 0.148 e. The number of ether oxygens (including phenoxy) is 2. The molecule has 3 nitrogen and oxygen atoms in total. The van der Waals surface area contributed by atoms with Crippen molar-refractivity contribution in [2.45, 2.75) is 26.4 Å². The average Bonchev–Trinajstić information content (AvgIpc) is 2.41. The molecule has 1 atom stereocenters. The van der Waals surface area contributed by atoms with Gasteiger partial charge in [0.15, 0.2) is 0 Å². The fraction of sp³-hybridized carbons (Fsp3) is 0.500. The van der Waals surface area contributed by atoms with Crippen LogP contribution in [0.25, 0.3) is 0 Å². The summed E-state index contributed by atoms with van der Waals surface area (Å²) in [7, 11) is 1.72. The second-order valence-electron chi connectivity index (χ2n) is 4.79. The molecule has 0 spiro atoms. The van der Waals surface area contributed by atoms with Crippen LogP contribution in [-0.2, 0) is 11.3 Å². The van der Waals surface area contributed by atoms with E-state index in [2.05, 4.69) is 25.1 Å². The molecule has 3 heteroatoms. The second kappa shape index (κ2) is 8.58. The monoisotopic (exact) mass is 261 g/mol. The fourth-order valence-corrected chi connectivity index (χ4v) is 1.82. The molecule has 0 radical (unpaired) electrons. The molecule has 1 aromatic carbocycles. The van der Waals surface area contributed by atoms with Crippen LogP contribution in [0, 0.1) is 18.3 Å². The SMILES string of the molecule is C#CCOc1ccccc1CNC(COC)C(C)C. The third-order valence-electron chi connectivity index (χ3n) is 2.99. The lowest BCUT2D eigenvalue weighted by Gasteiger charge is -2.22. The fourth-order valence-electron chi connectivity index (χ4n) is 1.82. The van der Waals surface area contributed by atoms with Crippen LogP contribution in [0.4, 0.5) is 0 Å². The highest BCUT2D eigenvalue weighted by Crippen LogP contribution is 2.18. The van der Waals surface area contributed by atoms with Gasteiger partial charge in [0.1, 0.15) is 12.4 Å². The van der Waals surface area contributed by atoms with Crippen molar-refractivity contribution < 1.29 is 9.47 Å². The molecular formula is C16H23NO2. The molecule has 0 aromatic heterocycles. The highest BCUT2D eigenvalue weighted by Gasteiger charge is 2.13. The van der Waals surface area contributed by atoms with Gasteiger partial charge in [0.05, 0.1) is 6.61 Å². The molecule has 1 aromatic rings. The van der Waals surface area contributed by atoms with E-state index in [1.54, 1.807) is 7.11 Å². The summed E-state index contributed by atoms with van der Waals surface area (Å²) < 4.78 is 10.8. The molecule has 1 N–H and O–H groups in total. The Kier molecular flexibility index (Phi) is 7.02. The van der Waals surface area contributed by atoms with Crippen LogP contribution in [0.3, 0.4) is 0 Å². The maximum Gasteiger partial charge on any atom is 0.148 e. The molecule has 0 aliphatic heterocycles. The summed E-state index contributed by atoms with van der Waals surface area (Å²) in [5.41, 5.74) is 1.11. The third kappa shape index (κ3) is 5.34. The van der Waals surface area contributed by atoms with Gasteiger partial charge in [-0.3, -0.25) is 0 Å². The Morgan fingerprint density at radius 1 is 1.32 bits per heavy atom. The number of nitrogens with one attached hydrogen (secondary N) is 1. The van der Waals surface area contributed by atoms with Crippen molar-refractivity contribution >= 4 is 0 Å². The van der Waals surface area contributed by atoms with E-state index in [4.69, 9.17) is 15.9 Å². The van der Waals surface area contributed by atoms with Crippen molar-refractivity contribution in [1.29, 1.82) is 0 Å². The minimum absolute atomic E-state index is 0.294. The van der Waals surface area contributed by atoms with E-state index >= 15 is 0 Å². The Hall–Kier alpha value is -1.50. The summed E-state index contributed by atoms with van der Waals surface area (Å²) in [6.45, 7) is 6.09. The standard InChI is InChI=1S/C16H23NO2/c1-5-10-19-16-9-7-6-8-14(16)11-17-15(12-18-4)13(2)3/h1,6-9,13,15,17H,10-12H2,2-4H3. The number of benzene rings is 1. The zero-order valence-corrected chi connectivity index (χ0v) is 12.0. The molecule has 0 heterocycles. The van der Waals surface area contributed by atoms with E-state index < -0.39 is 0 Å². The van der Waals surface area contributed by atoms with Gasteiger partial charge in [-0.25, -0.2) is 0 Å². The zero-order valence-electron chi connectivity index (χ0n) is 12.0. The molecule has 1 unspecified atom stereocenters. The van der Waals surface area contributed by atoms with Crippen LogP contribution in [-0.4, -0.2) is 26.4 Å². The molecule has 0 aliphatic rings. The normalized spacial score (nSPS) is 12.2. The van der Waals surface area contributed by atoms with E-state index in [1.165, 1.54) is 0 Å². The summed E-state index contributed by atoms with van der Waals surface area (Å²) in [6.07, 6.45) is 5.22. The molecule has 19 heavy (non-hydrogen) atoms. The van der Waals surface area contributed by atoms with Gasteiger partial charge < -0.3 is 14.8 Å². The molecule has 1 rings (SSSR count). The Balaban J connectivity index is 2.63. The summed E-state index contributed by atoms with van der Waals surface area (Å²) >= 11 is 0. The van der Waals surface area contributed by atoms with Gasteiger partial charge >= 0.3 is 0 Å². The quantitative estimate of drug-likeness (QED) is 0.729. The van der Waals surface area contributed by atoms with Gasteiger partial charge in [0.2, 0.25) is 0 Å². The highest BCUT2D eigenvalue weighted by molar-refractivity contribution is 5.33. The van der Waals surface area contributed by atoms with Crippen molar-refractivity contribution in [3.8, 4) is 18.1 Å². The Bertz CT molecular complexity index is 409. The molecule has 0 amide bonds. The van der Waals surface area contributed by atoms with Crippen molar-refractivity contribution in [2.24, 2.45) is 5.92 Å². The number of para-hydroxylation sites is 1. The predicted molar refractivity (Wildman–Crippen MR) is 78.1 cm³/mol. The van der Waals surface area contributed by atoms with Gasteiger partial charge in [0, 0.05) is 25.3 Å². The first-order chi connectivity index (χ1) is 9.19. The van der Waals surface area contributed by atoms with E-state index in [0.717, 1.165) is 17.9 Å². The summed E-state index contributed by atoms with van der Waals surface area (Å²) in [4.78, 5) is 0. The molecule has 0 saturated carbocycles. The van der Waals surface area contributed by atoms with Crippen molar-refractivity contribution in [1.82, 2.24) is 5.32 Å². The molecule has 0 saturated heterocycles. The second-order valence-corrected chi connectivity index (χ2v) is 4.79. The molecular weight excluding hydrogens is 238 g/mol. The van der Waals surface area contributed by atoms with Gasteiger partial charge in [-0.05, 0) is 12.0 Å². The van der Waals surface area contributed by atoms with Crippen LogP contribution >= 0.6 is 0 Å². The first-order valence-electron chi connectivity index (χ1n) is 6.55. The Morgan fingerprint density at radius 3 is 2.68 bits per heavy atom.